The second-order valence-corrected chi connectivity index (χ2v) is 4.72. The first-order valence-corrected chi connectivity index (χ1v) is 5.96. The van der Waals surface area contributed by atoms with Crippen molar-refractivity contribution >= 4 is 16.9 Å². The van der Waals surface area contributed by atoms with Gasteiger partial charge in [-0.05, 0) is 25.0 Å². The Morgan fingerprint density at radius 3 is 2.88 bits per heavy atom. The highest BCUT2D eigenvalue weighted by Crippen LogP contribution is 2.31. The van der Waals surface area contributed by atoms with Crippen LogP contribution in [0.3, 0.4) is 0 Å². The van der Waals surface area contributed by atoms with Gasteiger partial charge in [-0.25, -0.2) is 0 Å². The lowest BCUT2D eigenvalue weighted by atomic mass is 10.2. The minimum absolute atomic E-state index is 0.241. The Hall–Kier alpha value is -1.77. The molecule has 0 atom stereocenters. The van der Waals surface area contributed by atoms with E-state index in [-0.39, 0.29) is 11.8 Å². The predicted molar refractivity (Wildman–Crippen MR) is 65.4 cm³/mol. The van der Waals surface area contributed by atoms with Gasteiger partial charge in [0.2, 0.25) is 5.91 Å². The Bertz CT molecular complexity index is 521. The van der Waals surface area contributed by atoms with Gasteiger partial charge in [0.05, 0.1) is 6.54 Å². The lowest BCUT2D eigenvalue weighted by Gasteiger charge is -2.14. The van der Waals surface area contributed by atoms with E-state index in [2.05, 4.69) is 0 Å². The van der Waals surface area contributed by atoms with Gasteiger partial charge in [0, 0.05) is 18.4 Å². The van der Waals surface area contributed by atoms with E-state index in [1.165, 1.54) is 0 Å². The van der Waals surface area contributed by atoms with E-state index < -0.39 is 0 Å². The molecule has 3 nitrogen and oxygen atoms in total. The molecule has 2 aromatic rings. The van der Waals surface area contributed by atoms with Gasteiger partial charge in [-0.15, -0.1) is 0 Å². The molecule has 88 valence electrons. The number of furan rings is 1. The van der Waals surface area contributed by atoms with Crippen LogP contribution in [0.1, 0.15) is 18.6 Å². The van der Waals surface area contributed by atoms with E-state index in [1.807, 2.05) is 37.4 Å². The predicted octanol–water partition coefficient (Wildman–Crippen LogP) is 2.80. The number of amides is 1. The molecule has 1 aliphatic rings. The van der Waals surface area contributed by atoms with Gasteiger partial charge < -0.3 is 9.32 Å². The van der Waals surface area contributed by atoms with Crippen molar-refractivity contribution in [2.24, 2.45) is 5.92 Å². The van der Waals surface area contributed by atoms with Gasteiger partial charge in [-0.3, -0.25) is 4.79 Å². The summed E-state index contributed by atoms with van der Waals surface area (Å²) in [5.74, 6) is 1.36. The summed E-state index contributed by atoms with van der Waals surface area (Å²) in [7, 11) is 1.84. The number of rotatable bonds is 3. The number of hydrogen-bond acceptors (Lipinski definition) is 2. The highest BCUT2D eigenvalue weighted by atomic mass is 16.3. The Morgan fingerprint density at radius 1 is 1.41 bits per heavy atom. The summed E-state index contributed by atoms with van der Waals surface area (Å²) < 4.78 is 5.70. The minimum Gasteiger partial charge on any atom is -0.459 e. The normalized spacial score (nSPS) is 15.1. The molecular weight excluding hydrogens is 214 g/mol. The molecule has 3 rings (SSSR count). The van der Waals surface area contributed by atoms with Gasteiger partial charge in [-0.2, -0.15) is 0 Å². The number of carbonyl (C=O) groups is 1. The fourth-order valence-corrected chi connectivity index (χ4v) is 2.07. The molecule has 0 radical (unpaired) electrons. The first-order chi connectivity index (χ1) is 8.24. The number of fused-ring (bicyclic) bond motifs is 1. The van der Waals surface area contributed by atoms with Crippen LogP contribution in [0.5, 0.6) is 0 Å². The quantitative estimate of drug-likeness (QED) is 0.810. The molecule has 0 aliphatic heterocycles. The van der Waals surface area contributed by atoms with Crippen molar-refractivity contribution in [3.05, 3.63) is 36.1 Å². The molecule has 1 aromatic carbocycles. The van der Waals surface area contributed by atoms with E-state index in [9.17, 15) is 4.79 Å². The summed E-state index contributed by atoms with van der Waals surface area (Å²) in [6.45, 7) is 0.560. The zero-order chi connectivity index (χ0) is 11.8. The second-order valence-electron chi connectivity index (χ2n) is 4.72. The van der Waals surface area contributed by atoms with E-state index in [0.717, 1.165) is 29.6 Å². The van der Waals surface area contributed by atoms with Crippen molar-refractivity contribution in [2.75, 3.05) is 7.05 Å². The first kappa shape index (κ1) is 10.4. The van der Waals surface area contributed by atoms with E-state index in [0.29, 0.717) is 6.54 Å². The van der Waals surface area contributed by atoms with Gasteiger partial charge in [0.15, 0.2) is 0 Å². The van der Waals surface area contributed by atoms with Crippen LogP contribution in [-0.2, 0) is 11.3 Å². The molecule has 1 aromatic heterocycles. The summed E-state index contributed by atoms with van der Waals surface area (Å²) in [5.41, 5.74) is 0.884. The first-order valence-electron chi connectivity index (χ1n) is 5.96. The molecule has 17 heavy (non-hydrogen) atoms. The Morgan fingerprint density at radius 2 is 2.18 bits per heavy atom. The maximum Gasteiger partial charge on any atom is 0.225 e. The molecule has 3 heteroatoms. The summed E-state index contributed by atoms with van der Waals surface area (Å²) in [6.07, 6.45) is 2.09. The lowest BCUT2D eigenvalue weighted by molar-refractivity contribution is -0.131. The van der Waals surface area contributed by atoms with Crippen molar-refractivity contribution in [1.29, 1.82) is 0 Å². The highest BCUT2D eigenvalue weighted by Gasteiger charge is 2.32. The molecule has 0 unspecified atom stereocenters. The largest absolute Gasteiger partial charge is 0.459 e. The monoisotopic (exact) mass is 229 g/mol. The summed E-state index contributed by atoms with van der Waals surface area (Å²) in [4.78, 5) is 13.6. The number of nitrogens with zero attached hydrogens (tertiary/aromatic N) is 1. The lowest BCUT2D eigenvalue weighted by Crippen LogP contribution is -2.27. The van der Waals surface area contributed by atoms with Crippen molar-refractivity contribution in [1.82, 2.24) is 4.90 Å². The maximum absolute atomic E-state index is 11.8. The van der Waals surface area contributed by atoms with Crippen LogP contribution in [0, 0.1) is 5.92 Å². The third-order valence-corrected chi connectivity index (χ3v) is 3.17. The van der Waals surface area contributed by atoms with Crippen LogP contribution >= 0.6 is 0 Å². The number of para-hydroxylation sites is 1. The van der Waals surface area contributed by atoms with Gasteiger partial charge in [0.25, 0.3) is 0 Å². The van der Waals surface area contributed by atoms with Crippen LogP contribution in [0.15, 0.2) is 34.7 Å². The van der Waals surface area contributed by atoms with Crippen LogP contribution in [-0.4, -0.2) is 17.9 Å². The van der Waals surface area contributed by atoms with Crippen molar-refractivity contribution < 1.29 is 9.21 Å². The van der Waals surface area contributed by atoms with Crippen molar-refractivity contribution in [2.45, 2.75) is 19.4 Å². The van der Waals surface area contributed by atoms with E-state index >= 15 is 0 Å². The van der Waals surface area contributed by atoms with Crippen LogP contribution < -0.4 is 0 Å². The standard InChI is InChI=1S/C14H15NO2/c1-15(14(16)10-6-7-10)9-12-8-11-4-2-3-5-13(11)17-12/h2-5,8,10H,6-7,9H2,1H3. The van der Waals surface area contributed by atoms with Crippen LogP contribution in [0.25, 0.3) is 11.0 Å². The second kappa shape index (κ2) is 3.91. The summed E-state index contributed by atoms with van der Waals surface area (Å²) in [5, 5.41) is 1.09. The Balaban J connectivity index is 1.77. The van der Waals surface area contributed by atoms with Crippen molar-refractivity contribution in [3.8, 4) is 0 Å². The molecule has 0 saturated heterocycles. The average molecular weight is 229 g/mol. The number of benzene rings is 1. The van der Waals surface area contributed by atoms with Gasteiger partial charge in [-0.1, -0.05) is 18.2 Å². The highest BCUT2D eigenvalue weighted by molar-refractivity contribution is 5.81. The fourth-order valence-electron chi connectivity index (χ4n) is 2.07. The van der Waals surface area contributed by atoms with Gasteiger partial charge in [0.1, 0.15) is 11.3 Å². The maximum atomic E-state index is 11.8. The van der Waals surface area contributed by atoms with Gasteiger partial charge >= 0.3 is 0 Å². The molecule has 1 fully saturated rings. The van der Waals surface area contributed by atoms with Crippen LogP contribution in [0.2, 0.25) is 0 Å². The topological polar surface area (TPSA) is 33.5 Å². The molecule has 0 N–H and O–H groups in total. The zero-order valence-corrected chi connectivity index (χ0v) is 9.85. The smallest absolute Gasteiger partial charge is 0.225 e. The molecule has 1 amide bonds. The van der Waals surface area contributed by atoms with E-state index in [1.54, 1.807) is 4.90 Å². The van der Waals surface area contributed by atoms with Crippen LogP contribution in [0.4, 0.5) is 0 Å². The summed E-state index contributed by atoms with van der Waals surface area (Å²) in [6, 6.07) is 9.91. The molecule has 0 bridgehead atoms. The molecule has 1 saturated carbocycles. The zero-order valence-electron chi connectivity index (χ0n) is 9.85. The summed E-state index contributed by atoms with van der Waals surface area (Å²) >= 11 is 0. The minimum atomic E-state index is 0.241. The Labute approximate surface area is 100 Å². The van der Waals surface area contributed by atoms with Crippen molar-refractivity contribution in [3.63, 3.8) is 0 Å². The third kappa shape index (κ3) is 2.05. The average Bonchev–Trinajstić information content (AvgIpc) is 3.08. The number of hydrogen-bond donors (Lipinski definition) is 0. The SMILES string of the molecule is CN(Cc1cc2ccccc2o1)C(=O)C1CC1. The molecule has 1 aliphatic carbocycles. The molecular formula is C14H15NO2. The Kier molecular flexibility index (Phi) is 2.39. The molecule has 1 heterocycles. The van der Waals surface area contributed by atoms with E-state index in [4.69, 9.17) is 4.42 Å². The fraction of sp³-hybridized carbons (Fsp3) is 0.357. The third-order valence-electron chi connectivity index (χ3n) is 3.17. The number of carbonyl (C=O) groups excluding carboxylic acids is 1. The molecule has 0 spiro atoms.